The standard InChI is InChI=1S/C74H135N2O7P/c1-7-10-13-16-19-22-25-28-30-32-34-36-38-40-42-44-46-48-51-54-57-60-63-66-73(77)75-71(70-82-84(79,80)81-69-68-76(4,5)6)72(65-62-59-56-53-50-27-24-21-18-15-12-9-3)83-74(78)67-64-61-58-55-52-49-47-45-43-41-39-37-35-33-31-29-26-23-20-17-14-11-8-2/h19-20,22-23,28-31,34,36,40,42,62,65,71-72H,7-18,21,24-27,32-33,35,37-39,41,43-61,63-64,66-70H2,1-6H3,(H-,75,77,79,80)/b22-19-,23-20-,30-28-,31-29-,36-34-,42-40-,65-62+. The molecule has 488 valence electrons. The number of likely N-dealkylation sites (N-methyl/N-ethyl adjacent to an activating group) is 1. The van der Waals surface area contributed by atoms with E-state index in [1.54, 1.807) is 0 Å². The number of unbranched alkanes of at least 4 members (excludes halogenated alkanes) is 36. The van der Waals surface area contributed by atoms with Gasteiger partial charge in [-0.05, 0) is 109 Å². The fourth-order valence-corrected chi connectivity index (χ4v) is 10.8. The van der Waals surface area contributed by atoms with E-state index in [0.717, 1.165) is 96.3 Å². The summed E-state index contributed by atoms with van der Waals surface area (Å²) in [6, 6.07) is -0.899. The number of ether oxygens (including phenoxy) is 1. The maximum absolute atomic E-state index is 13.6. The zero-order chi connectivity index (χ0) is 61.4. The molecule has 0 aliphatic carbocycles. The molecule has 3 unspecified atom stereocenters. The Labute approximate surface area is 520 Å². The molecule has 10 heteroatoms. The molecule has 0 saturated heterocycles. The molecule has 3 atom stereocenters. The number of phosphoric ester groups is 1. The number of carbonyl (C=O) groups excluding carboxylic acids is 2. The smallest absolute Gasteiger partial charge is 0.306 e. The van der Waals surface area contributed by atoms with Crippen molar-refractivity contribution >= 4 is 19.7 Å². The van der Waals surface area contributed by atoms with Gasteiger partial charge in [-0.15, -0.1) is 0 Å². The van der Waals surface area contributed by atoms with Gasteiger partial charge in [-0.1, -0.05) is 286 Å². The van der Waals surface area contributed by atoms with E-state index in [9.17, 15) is 19.0 Å². The number of quaternary nitrogens is 1. The Kier molecular flexibility index (Phi) is 61.1. The van der Waals surface area contributed by atoms with E-state index in [1.165, 1.54) is 193 Å². The molecule has 0 rings (SSSR count). The third-order valence-electron chi connectivity index (χ3n) is 15.5. The Morgan fingerprint density at radius 1 is 0.417 bits per heavy atom. The minimum absolute atomic E-state index is 0.0271. The molecule has 0 aromatic heterocycles. The molecule has 0 aliphatic rings. The first kappa shape index (κ1) is 81.2. The van der Waals surface area contributed by atoms with Crippen LogP contribution >= 0.6 is 7.82 Å². The molecule has 0 fully saturated rings. The van der Waals surface area contributed by atoms with E-state index < -0.39 is 26.6 Å². The number of esters is 1. The quantitative estimate of drug-likeness (QED) is 0.0212. The van der Waals surface area contributed by atoms with Crippen LogP contribution in [0.5, 0.6) is 0 Å². The van der Waals surface area contributed by atoms with Gasteiger partial charge < -0.3 is 28.5 Å². The van der Waals surface area contributed by atoms with Crippen LogP contribution in [0.2, 0.25) is 0 Å². The number of phosphoric acid groups is 1. The molecule has 1 N–H and O–H groups in total. The normalized spacial score (nSPS) is 14.0. The van der Waals surface area contributed by atoms with Gasteiger partial charge in [0.1, 0.15) is 19.3 Å². The first-order valence-corrected chi connectivity index (χ1v) is 36.9. The van der Waals surface area contributed by atoms with Crippen LogP contribution in [-0.4, -0.2) is 69.4 Å². The van der Waals surface area contributed by atoms with Gasteiger partial charge >= 0.3 is 5.97 Å². The summed E-state index contributed by atoms with van der Waals surface area (Å²) in [4.78, 5) is 40.2. The van der Waals surface area contributed by atoms with Crippen LogP contribution in [0.4, 0.5) is 0 Å². The monoisotopic (exact) mass is 1200 g/mol. The van der Waals surface area contributed by atoms with E-state index in [2.05, 4.69) is 99.0 Å². The van der Waals surface area contributed by atoms with Crippen LogP contribution in [0.1, 0.15) is 323 Å². The predicted octanol–water partition coefficient (Wildman–Crippen LogP) is 21.9. The topological polar surface area (TPSA) is 114 Å². The largest absolute Gasteiger partial charge is 0.756 e. The highest BCUT2D eigenvalue weighted by Crippen LogP contribution is 2.38. The van der Waals surface area contributed by atoms with Crippen LogP contribution < -0.4 is 10.2 Å². The molecule has 0 heterocycles. The van der Waals surface area contributed by atoms with E-state index in [0.29, 0.717) is 17.4 Å². The number of rotatable bonds is 64. The fourth-order valence-electron chi connectivity index (χ4n) is 10.1. The van der Waals surface area contributed by atoms with Gasteiger partial charge in [0.2, 0.25) is 5.91 Å². The van der Waals surface area contributed by atoms with Crippen LogP contribution in [0.3, 0.4) is 0 Å². The molecular formula is C74H135N2O7P. The van der Waals surface area contributed by atoms with Gasteiger partial charge in [-0.3, -0.25) is 14.2 Å². The lowest BCUT2D eigenvalue weighted by Crippen LogP contribution is -2.47. The molecule has 1 amide bonds. The Hall–Kier alpha value is -2.81. The highest BCUT2D eigenvalue weighted by atomic mass is 31.2. The summed E-state index contributed by atoms with van der Waals surface area (Å²) in [5, 5.41) is 3.04. The molecule has 0 aromatic rings. The average Bonchev–Trinajstić information content (AvgIpc) is 3.64. The first-order chi connectivity index (χ1) is 40.9. The summed E-state index contributed by atoms with van der Waals surface area (Å²) in [6.07, 6.45) is 84.1. The van der Waals surface area contributed by atoms with Crippen molar-refractivity contribution in [2.75, 3.05) is 40.9 Å². The number of allylic oxidation sites excluding steroid dienone is 13. The maximum Gasteiger partial charge on any atom is 0.306 e. The summed E-state index contributed by atoms with van der Waals surface area (Å²) in [5.41, 5.74) is 0. The van der Waals surface area contributed by atoms with Crippen molar-refractivity contribution in [1.82, 2.24) is 5.32 Å². The van der Waals surface area contributed by atoms with Crippen LogP contribution in [0, 0.1) is 0 Å². The summed E-state index contributed by atoms with van der Waals surface area (Å²) >= 11 is 0. The second-order valence-corrected chi connectivity index (χ2v) is 26.4. The molecule has 84 heavy (non-hydrogen) atoms. The molecular weight excluding hydrogens is 1060 g/mol. The van der Waals surface area contributed by atoms with Crippen molar-refractivity contribution in [3.05, 3.63) is 85.1 Å². The third kappa shape index (κ3) is 63.7. The first-order valence-electron chi connectivity index (χ1n) is 35.4. The van der Waals surface area contributed by atoms with Crippen LogP contribution in [0.25, 0.3) is 0 Å². The second-order valence-electron chi connectivity index (χ2n) is 25.0. The average molecular weight is 1200 g/mol. The Morgan fingerprint density at radius 2 is 0.726 bits per heavy atom. The minimum atomic E-state index is -4.71. The summed E-state index contributed by atoms with van der Waals surface area (Å²) in [7, 11) is 1.18. The summed E-state index contributed by atoms with van der Waals surface area (Å²) in [6.45, 7) is 6.81. The van der Waals surface area contributed by atoms with Gasteiger partial charge in [0, 0.05) is 12.8 Å². The second kappa shape index (κ2) is 63.2. The maximum atomic E-state index is 13.6. The van der Waals surface area contributed by atoms with Gasteiger partial charge in [0.15, 0.2) is 0 Å². The Balaban J connectivity index is 5.11. The van der Waals surface area contributed by atoms with Crippen molar-refractivity contribution in [2.24, 2.45) is 0 Å². The molecule has 9 nitrogen and oxygen atoms in total. The number of amides is 1. The zero-order valence-corrected chi connectivity index (χ0v) is 56.7. The fraction of sp³-hybridized carbons (Fsp3) is 0.784. The van der Waals surface area contributed by atoms with Gasteiger partial charge in [0.05, 0.1) is 33.8 Å². The number of carbonyl (C=O) groups is 2. The SMILES string of the molecule is CCCCC/C=C\C/C=C\C/C=C\C/C=C\CCCCCCCCCC(=O)NC(COP(=O)([O-])OCC[N+](C)(C)C)C(/C=C/CCCCCCCCCCCC)OC(=O)CCCCCCCCCCCCCCC/C=C\C/C=C\CCCCC. The highest BCUT2D eigenvalue weighted by molar-refractivity contribution is 7.45. The number of nitrogens with one attached hydrogen (secondary N) is 1. The van der Waals surface area contributed by atoms with Crippen molar-refractivity contribution in [2.45, 2.75) is 335 Å². The predicted molar refractivity (Wildman–Crippen MR) is 362 cm³/mol. The van der Waals surface area contributed by atoms with Crippen molar-refractivity contribution in [3.8, 4) is 0 Å². The Bertz CT molecular complexity index is 1710. The Morgan fingerprint density at radius 3 is 1.11 bits per heavy atom. The molecule has 0 radical (unpaired) electrons. The van der Waals surface area contributed by atoms with Gasteiger partial charge in [-0.2, -0.15) is 0 Å². The molecule has 0 aliphatic heterocycles. The van der Waals surface area contributed by atoms with Crippen molar-refractivity contribution < 1.29 is 37.3 Å². The van der Waals surface area contributed by atoms with E-state index in [-0.39, 0.29) is 24.9 Å². The lowest BCUT2D eigenvalue weighted by molar-refractivity contribution is -0.870. The molecule has 0 aromatic carbocycles. The van der Waals surface area contributed by atoms with E-state index in [4.69, 9.17) is 13.8 Å². The molecule has 0 spiro atoms. The van der Waals surface area contributed by atoms with Gasteiger partial charge in [-0.25, -0.2) is 0 Å². The van der Waals surface area contributed by atoms with Crippen molar-refractivity contribution in [3.63, 3.8) is 0 Å². The number of nitrogens with zero attached hydrogens (tertiary/aromatic N) is 1. The molecule has 0 bridgehead atoms. The lowest BCUT2D eigenvalue weighted by atomic mass is 10.0. The van der Waals surface area contributed by atoms with E-state index >= 15 is 0 Å². The minimum Gasteiger partial charge on any atom is -0.756 e. The van der Waals surface area contributed by atoms with Crippen LogP contribution in [0.15, 0.2) is 85.1 Å². The number of hydrogen-bond donors (Lipinski definition) is 1. The lowest BCUT2D eigenvalue weighted by Gasteiger charge is -2.30. The van der Waals surface area contributed by atoms with Crippen molar-refractivity contribution in [1.29, 1.82) is 0 Å². The number of hydrogen-bond acceptors (Lipinski definition) is 7. The van der Waals surface area contributed by atoms with Crippen LogP contribution in [-0.2, 0) is 27.9 Å². The van der Waals surface area contributed by atoms with Gasteiger partial charge in [0.25, 0.3) is 7.82 Å². The summed E-state index contributed by atoms with van der Waals surface area (Å²) in [5.74, 6) is -0.548. The van der Waals surface area contributed by atoms with E-state index in [1.807, 2.05) is 33.3 Å². The third-order valence-corrected chi connectivity index (χ3v) is 16.5. The summed E-state index contributed by atoms with van der Waals surface area (Å²) < 4.78 is 30.4. The zero-order valence-electron chi connectivity index (χ0n) is 55.8. The highest BCUT2D eigenvalue weighted by Gasteiger charge is 2.27. The molecule has 0 saturated carbocycles.